The molecule has 1 aromatic heterocycles. The van der Waals surface area contributed by atoms with Gasteiger partial charge in [-0.3, -0.25) is 0 Å². The second-order valence-corrected chi connectivity index (χ2v) is 3.48. The van der Waals surface area contributed by atoms with E-state index in [9.17, 15) is 0 Å². The number of aromatic nitrogens is 1. The van der Waals surface area contributed by atoms with Crippen LogP contribution in [0.15, 0.2) is 18.3 Å². The van der Waals surface area contributed by atoms with Crippen LogP contribution in [0.5, 0.6) is 0 Å². The summed E-state index contributed by atoms with van der Waals surface area (Å²) in [5, 5.41) is 11.8. The van der Waals surface area contributed by atoms with E-state index < -0.39 is 0 Å². The quantitative estimate of drug-likeness (QED) is 0.617. The van der Waals surface area contributed by atoms with Crippen LogP contribution in [0, 0.1) is 0 Å². The molecule has 0 amide bonds. The van der Waals surface area contributed by atoms with E-state index in [-0.39, 0.29) is 6.61 Å². The number of aliphatic hydroxyl groups excluding tert-OH is 1. The number of aryl methyl sites for hydroxylation is 1. The molecule has 1 aromatic rings. The van der Waals surface area contributed by atoms with Gasteiger partial charge in [0.15, 0.2) is 0 Å². The molecule has 2 N–H and O–H groups in total. The Morgan fingerprint density at radius 1 is 1.47 bits per heavy atom. The molecule has 1 rings (SSSR count). The highest BCUT2D eigenvalue weighted by atomic mass is 16.5. The lowest BCUT2D eigenvalue weighted by molar-refractivity contribution is 0.0907. The van der Waals surface area contributed by atoms with Crippen LogP contribution in [0.4, 0.5) is 0 Å². The summed E-state index contributed by atoms with van der Waals surface area (Å²) >= 11 is 0. The molecule has 4 heteroatoms. The van der Waals surface area contributed by atoms with Gasteiger partial charge in [-0.1, -0.05) is 0 Å². The molecule has 0 radical (unpaired) electrons. The molecule has 0 atom stereocenters. The summed E-state index contributed by atoms with van der Waals surface area (Å²) in [6, 6.07) is 4.15. The van der Waals surface area contributed by atoms with Crippen LogP contribution in [-0.2, 0) is 18.3 Å². The summed E-state index contributed by atoms with van der Waals surface area (Å²) in [4.78, 5) is 0. The van der Waals surface area contributed by atoms with Crippen LogP contribution in [0.25, 0.3) is 0 Å². The molecule has 0 aliphatic carbocycles. The fourth-order valence-corrected chi connectivity index (χ4v) is 1.36. The van der Waals surface area contributed by atoms with Crippen LogP contribution >= 0.6 is 0 Å². The lowest BCUT2D eigenvalue weighted by Crippen LogP contribution is -2.18. The minimum atomic E-state index is 0.108. The van der Waals surface area contributed by atoms with E-state index in [1.165, 1.54) is 5.69 Å². The lowest BCUT2D eigenvalue weighted by Gasteiger charge is -2.06. The first-order valence-electron chi connectivity index (χ1n) is 5.34. The average molecular weight is 212 g/mol. The molecule has 0 aromatic carbocycles. The standard InChI is InChI=1S/C11H20N2O2/c1-13-6-2-4-11(13)10-12-5-3-8-15-9-7-14/h2,4,6,12,14H,3,5,7-10H2,1H3. The van der Waals surface area contributed by atoms with E-state index in [2.05, 4.69) is 16.0 Å². The van der Waals surface area contributed by atoms with Gasteiger partial charge in [0, 0.05) is 32.1 Å². The number of hydrogen-bond donors (Lipinski definition) is 2. The zero-order valence-electron chi connectivity index (χ0n) is 9.28. The maximum atomic E-state index is 8.48. The normalized spacial score (nSPS) is 10.8. The Bertz CT molecular complexity index is 261. The first kappa shape index (κ1) is 12.2. The van der Waals surface area contributed by atoms with Gasteiger partial charge in [-0.05, 0) is 25.1 Å². The van der Waals surface area contributed by atoms with Crippen molar-refractivity contribution in [3.63, 3.8) is 0 Å². The number of nitrogens with one attached hydrogen (secondary N) is 1. The number of aliphatic hydroxyl groups is 1. The minimum absolute atomic E-state index is 0.108. The smallest absolute Gasteiger partial charge is 0.0697 e. The van der Waals surface area contributed by atoms with Gasteiger partial charge >= 0.3 is 0 Å². The van der Waals surface area contributed by atoms with Crippen molar-refractivity contribution in [2.24, 2.45) is 7.05 Å². The molecule has 86 valence electrons. The molecule has 1 heterocycles. The molecule has 0 bridgehead atoms. The third-order valence-electron chi connectivity index (χ3n) is 2.24. The van der Waals surface area contributed by atoms with E-state index in [1.807, 2.05) is 19.3 Å². The van der Waals surface area contributed by atoms with Crippen molar-refractivity contribution in [2.75, 3.05) is 26.4 Å². The van der Waals surface area contributed by atoms with Crippen LogP contribution in [-0.4, -0.2) is 36.0 Å². The van der Waals surface area contributed by atoms with Crippen molar-refractivity contribution in [3.8, 4) is 0 Å². The fraction of sp³-hybridized carbons (Fsp3) is 0.636. The number of hydrogen-bond acceptors (Lipinski definition) is 3. The number of nitrogens with zero attached hydrogens (tertiary/aromatic N) is 1. The Kier molecular flexibility index (Phi) is 6.08. The first-order chi connectivity index (χ1) is 7.34. The number of rotatable bonds is 8. The summed E-state index contributed by atoms with van der Waals surface area (Å²) in [6.07, 6.45) is 3.02. The molecule has 0 saturated carbocycles. The second kappa shape index (κ2) is 7.45. The van der Waals surface area contributed by atoms with E-state index >= 15 is 0 Å². The Morgan fingerprint density at radius 2 is 2.33 bits per heavy atom. The zero-order chi connectivity index (χ0) is 10.9. The van der Waals surface area contributed by atoms with Crippen LogP contribution in [0.3, 0.4) is 0 Å². The largest absolute Gasteiger partial charge is 0.394 e. The van der Waals surface area contributed by atoms with Gasteiger partial charge in [-0.15, -0.1) is 0 Å². The summed E-state index contributed by atoms with van der Waals surface area (Å²) in [5.41, 5.74) is 1.28. The van der Waals surface area contributed by atoms with Crippen molar-refractivity contribution in [3.05, 3.63) is 24.0 Å². The molecular formula is C11H20N2O2. The molecule has 0 aliphatic rings. The molecule has 0 spiro atoms. The summed E-state index contributed by atoms with van der Waals surface area (Å²) in [5.74, 6) is 0. The predicted octanol–water partition coefficient (Wildman–Crippen LogP) is 0.514. The van der Waals surface area contributed by atoms with E-state index in [4.69, 9.17) is 9.84 Å². The van der Waals surface area contributed by atoms with E-state index in [0.717, 1.165) is 19.5 Å². The molecule has 0 saturated heterocycles. The number of ether oxygens (including phenoxy) is 1. The molecule has 0 unspecified atom stereocenters. The Labute approximate surface area is 90.9 Å². The van der Waals surface area contributed by atoms with Crippen LogP contribution in [0.2, 0.25) is 0 Å². The second-order valence-electron chi connectivity index (χ2n) is 3.48. The van der Waals surface area contributed by atoms with Crippen LogP contribution in [0.1, 0.15) is 12.1 Å². The van der Waals surface area contributed by atoms with Gasteiger partial charge in [-0.2, -0.15) is 0 Å². The van der Waals surface area contributed by atoms with Gasteiger partial charge < -0.3 is 19.7 Å². The molecule has 0 aliphatic heterocycles. The summed E-state index contributed by atoms with van der Waals surface area (Å²) in [7, 11) is 2.04. The van der Waals surface area contributed by atoms with Crippen molar-refractivity contribution >= 4 is 0 Å². The Hall–Kier alpha value is -0.840. The van der Waals surface area contributed by atoms with E-state index in [0.29, 0.717) is 13.2 Å². The van der Waals surface area contributed by atoms with Gasteiger partial charge in [0.05, 0.1) is 13.2 Å². The third kappa shape index (κ3) is 4.97. The van der Waals surface area contributed by atoms with Crippen molar-refractivity contribution in [1.82, 2.24) is 9.88 Å². The molecular weight excluding hydrogens is 192 g/mol. The van der Waals surface area contributed by atoms with Crippen LogP contribution < -0.4 is 5.32 Å². The third-order valence-corrected chi connectivity index (χ3v) is 2.24. The van der Waals surface area contributed by atoms with Gasteiger partial charge in [0.25, 0.3) is 0 Å². The van der Waals surface area contributed by atoms with Crippen molar-refractivity contribution < 1.29 is 9.84 Å². The van der Waals surface area contributed by atoms with Gasteiger partial charge in [0.2, 0.25) is 0 Å². The average Bonchev–Trinajstić information content (AvgIpc) is 2.63. The summed E-state index contributed by atoms with van der Waals surface area (Å²) < 4.78 is 7.26. The topological polar surface area (TPSA) is 46.4 Å². The predicted molar refractivity (Wildman–Crippen MR) is 59.6 cm³/mol. The Balaban J connectivity index is 1.96. The zero-order valence-corrected chi connectivity index (χ0v) is 9.28. The van der Waals surface area contributed by atoms with Gasteiger partial charge in [-0.25, -0.2) is 0 Å². The molecule has 15 heavy (non-hydrogen) atoms. The monoisotopic (exact) mass is 212 g/mol. The summed E-state index contributed by atoms with van der Waals surface area (Å²) in [6.45, 7) is 3.09. The molecule has 0 fully saturated rings. The maximum absolute atomic E-state index is 8.48. The van der Waals surface area contributed by atoms with Crippen molar-refractivity contribution in [1.29, 1.82) is 0 Å². The highest BCUT2D eigenvalue weighted by Crippen LogP contribution is 1.98. The van der Waals surface area contributed by atoms with Gasteiger partial charge in [0.1, 0.15) is 0 Å². The highest BCUT2D eigenvalue weighted by Gasteiger charge is 1.95. The molecule has 4 nitrogen and oxygen atoms in total. The SMILES string of the molecule is Cn1cccc1CNCCCOCCO. The minimum Gasteiger partial charge on any atom is -0.394 e. The Morgan fingerprint density at radius 3 is 3.00 bits per heavy atom. The highest BCUT2D eigenvalue weighted by molar-refractivity contribution is 5.05. The maximum Gasteiger partial charge on any atom is 0.0697 e. The first-order valence-corrected chi connectivity index (χ1v) is 5.34. The van der Waals surface area contributed by atoms with Crippen molar-refractivity contribution in [2.45, 2.75) is 13.0 Å². The lowest BCUT2D eigenvalue weighted by atomic mass is 10.4. The fourth-order valence-electron chi connectivity index (χ4n) is 1.36. The van der Waals surface area contributed by atoms with E-state index in [1.54, 1.807) is 0 Å².